The summed E-state index contributed by atoms with van der Waals surface area (Å²) in [6.07, 6.45) is 6.73. The molecule has 4 rings (SSSR count). The maximum absolute atomic E-state index is 12.3. The summed E-state index contributed by atoms with van der Waals surface area (Å²) >= 11 is 0. The first-order valence-corrected chi connectivity index (χ1v) is 7.09. The van der Waals surface area contributed by atoms with Crippen molar-refractivity contribution in [2.75, 3.05) is 0 Å². The number of hydrogen-bond acceptors (Lipinski definition) is 4. The molecule has 1 aliphatic rings. The first-order valence-electron chi connectivity index (χ1n) is 7.09. The molecule has 2 amide bonds. The van der Waals surface area contributed by atoms with Gasteiger partial charge in [-0.2, -0.15) is 0 Å². The Balaban J connectivity index is 2.08. The molecule has 110 valence electrons. The molecule has 0 aliphatic carbocycles. The van der Waals surface area contributed by atoms with Crippen LogP contribution >= 0.6 is 0 Å². The smallest absolute Gasteiger partial charge is 0.259 e. The number of rotatable bonds is 2. The van der Waals surface area contributed by atoms with E-state index in [1.807, 2.05) is 30.3 Å². The number of carbonyl (C=O) groups excluding carboxylic acids is 2. The maximum Gasteiger partial charge on any atom is 0.259 e. The molecular weight excluding hydrogens is 290 g/mol. The van der Waals surface area contributed by atoms with E-state index < -0.39 is 0 Å². The van der Waals surface area contributed by atoms with Crippen LogP contribution in [0.4, 0.5) is 0 Å². The number of pyridine rings is 2. The van der Waals surface area contributed by atoms with Crippen LogP contribution in [0.15, 0.2) is 61.2 Å². The lowest BCUT2D eigenvalue weighted by Crippen LogP contribution is -2.20. The zero-order valence-electron chi connectivity index (χ0n) is 12.0. The van der Waals surface area contributed by atoms with Crippen LogP contribution in [0.3, 0.4) is 0 Å². The third-order valence-corrected chi connectivity index (χ3v) is 3.86. The number of aromatic nitrogens is 2. The SMILES string of the molecule is O=C1NC(=O)c2c1ccc(-c1ccncc1)c2-c1ccncc1. The van der Waals surface area contributed by atoms with Crippen LogP contribution in [0.1, 0.15) is 20.7 Å². The normalized spacial score (nSPS) is 12.9. The van der Waals surface area contributed by atoms with E-state index >= 15 is 0 Å². The third-order valence-electron chi connectivity index (χ3n) is 3.86. The van der Waals surface area contributed by atoms with Crippen LogP contribution in [0.25, 0.3) is 22.3 Å². The quantitative estimate of drug-likeness (QED) is 0.739. The van der Waals surface area contributed by atoms with Crippen molar-refractivity contribution in [3.05, 3.63) is 72.3 Å². The lowest BCUT2D eigenvalue weighted by Gasteiger charge is -2.13. The molecule has 0 bridgehead atoms. The zero-order chi connectivity index (χ0) is 15.8. The summed E-state index contributed by atoms with van der Waals surface area (Å²) in [5.74, 6) is -0.727. The highest BCUT2D eigenvalue weighted by Gasteiger charge is 2.31. The molecule has 0 spiro atoms. The van der Waals surface area contributed by atoms with Gasteiger partial charge in [-0.15, -0.1) is 0 Å². The molecule has 0 atom stereocenters. The number of hydrogen-bond donors (Lipinski definition) is 1. The van der Waals surface area contributed by atoms with Crippen molar-refractivity contribution in [2.24, 2.45) is 0 Å². The van der Waals surface area contributed by atoms with Gasteiger partial charge in [-0.05, 0) is 47.0 Å². The highest BCUT2D eigenvalue weighted by Crippen LogP contribution is 2.37. The molecule has 1 N–H and O–H groups in total. The minimum atomic E-state index is -0.368. The number of fused-ring (bicyclic) bond motifs is 1. The van der Waals surface area contributed by atoms with E-state index in [1.54, 1.807) is 30.9 Å². The summed E-state index contributed by atoms with van der Waals surface area (Å²) in [6.45, 7) is 0. The molecule has 0 saturated heterocycles. The molecule has 5 nitrogen and oxygen atoms in total. The van der Waals surface area contributed by atoms with E-state index in [2.05, 4.69) is 15.3 Å². The number of amides is 2. The molecule has 1 aromatic carbocycles. The van der Waals surface area contributed by atoms with E-state index in [0.717, 1.165) is 22.3 Å². The molecule has 5 heteroatoms. The van der Waals surface area contributed by atoms with Crippen molar-refractivity contribution in [3.63, 3.8) is 0 Å². The lowest BCUT2D eigenvalue weighted by molar-refractivity contribution is 0.0880. The Hall–Kier alpha value is -3.34. The van der Waals surface area contributed by atoms with Crippen molar-refractivity contribution >= 4 is 11.8 Å². The standard InChI is InChI=1S/C18H11N3O2/c22-17-14-2-1-13(11-3-7-19-8-4-11)15(16(14)18(23)21-17)12-5-9-20-10-6-12/h1-10H,(H,21,22,23). The summed E-state index contributed by atoms with van der Waals surface area (Å²) in [5, 5.41) is 2.37. The molecule has 0 radical (unpaired) electrons. The second kappa shape index (κ2) is 5.14. The molecule has 0 unspecified atom stereocenters. The Morgan fingerprint density at radius 2 is 1.17 bits per heavy atom. The molecule has 1 aliphatic heterocycles. The van der Waals surface area contributed by atoms with E-state index in [-0.39, 0.29) is 11.8 Å². The second-order valence-corrected chi connectivity index (χ2v) is 5.17. The summed E-state index contributed by atoms with van der Waals surface area (Å²) in [6, 6.07) is 11.0. The average Bonchev–Trinajstić information content (AvgIpc) is 2.90. The topological polar surface area (TPSA) is 72.0 Å². The molecule has 0 saturated carbocycles. The summed E-state index contributed by atoms with van der Waals surface area (Å²) in [5.41, 5.74) is 4.20. The van der Waals surface area contributed by atoms with Crippen molar-refractivity contribution in [1.82, 2.24) is 15.3 Å². The van der Waals surface area contributed by atoms with Crippen LogP contribution in [0.5, 0.6) is 0 Å². The summed E-state index contributed by atoms with van der Waals surface area (Å²) in [4.78, 5) is 32.3. The van der Waals surface area contributed by atoms with Crippen molar-refractivity contribution in [3.8, 4) is 22.3 Å². The van der Waals surface area contributed by atoms with Crippen LogP contribution in [0, 0.1) is 0 Å². The van der Waals surface area contributed by atoms with Gasteiger partial charge < -0.3 is 0 Å². The van der Waals surface area contributed by atoms with Gasteiger partial charge in [-0.25, -0.2) is 0 Å². The van der Waals surface area contributed by atoms with Gasteiger partial charge in [0.2, 0.25) is 0 Å². The van der Waals surface area contributed by atoms with Gasteiger partial charge in [0.05, 0.1) is 11.1 Å². The number of nitrogens with zero attached hydrogens (tertiary/aromatic N) is 2. The van der Waals surface area contributed by atoms with E-state index in [0.29, 0.717) is 11.1 Å². The Bertz CT molecular complexity index is 922. The van der Waals surface area contributed by atoms with Crippen molar-refractivity contribution < 1.29 is 9.59 Å². The van der Waals surface area contributed by atoms with Crippen molar-refractivity contribution in [2.45, 2.75) is 0 Å². The van der Waals surface area contributed by atoms with Crippen LogP contribution in [-0.4, -0.2) is 21.8 Å². The van der Waals surface area contributed by atoms with Crippen LogP contribution in [0.2, 0.25) is 0 Å². The van der Waals surface area contributed by atoms with Crippen LogP contribution < -0.4 is 5.32 Å². The predicted molar refractivity (Wildman–Crippen MR) is 84.7 cm³/mol. The highest BCUT2D eigenvalue weighted by atomic mass is 16.2. The number of imide groups is 1. The van der Waals surface area contributed by atoms with Crippen molar-refractivity contribution in [1.29, 1.82) is 0 Å². The molecular formula is C18H11N3O2. The predicted octanol–water partition coefficient (Wildman–Crippen LogP) is 2.69. The third kappa shape index (κ3) is 2.10. The van der Waals surface area contributed by atoms with Gasteiger partial charge >= 0.3 is 0 Å². The Kier molecular flexibility index (Phi) is 2.98. The number of benzene rings is 1. The Labute approximate surface area is 132 Å². The molecule has 3 heterocycles. The first kappa shape index (κ1) is 13.3. The molecule has 3 aromatic rings. The van der Waals surface area contributed by atoms with Gasteiger partial charge in [-0.1, -0.05) is 6.07 Å². The fraction of sp³-hybridized carbons (Fsp3) is 0. The van der Waals surface area contributed by atoms with Crippen LogP contribution in [-0.2, 0) is 0 Å². The highest BCUT2D eigenvalue weighted by molar-refractivity contribution is 6.25. The van der Waals surface area contributed by atoms with Gasteiger partial charge in [0, 0.05) is 30.4 Å². The van der Waals surface area contributed by atoms with E-state index in [4.69, 9.17) is 0 Å². The molecule has 0 fully saturated rings. The van der Waals surface area contributed by atoms with E-state index in [1.165, 1.54) is 0 Å². The summed E-state index contributed by atoms with van der Waals surface area (Å²) in [7, 11) is 0. The fourth-order valence-corrected chi connectivity index (χ4v) is 2.85. The van der Waals surface area contributed by atoms with Gasteiger partial charge in [-0.3, -0.25) is 24.9 Å². The van der Waals surface area contributed by atoms with Gasteiger partial charge in [0.1, 0.15) is 0 Å². The number of nitrogens with one attached hydrogen (secondary N) is 1. The lowest BCUT2D eigenvalue weighted by atomic mass is 9.89. The van der Waals surface area contributed by atoms with E-state index in [9.17, 15) is 9.59 Å². The number of carbonyl (C=O) groups is 2. The largest absolute Gasteiger partial charge is 0.288 e. The second-order valence-electron chi connectivity index (χ2n) is 5.17. The monoisotopic (exact) mass is 301 g/mol. The average molecular weight is 301 g/mol. The molecule has 2 aromatic heterocycles. The minimum absolute atomic E-state index is 0.360. The maximum atomic E-state index is 12.3. The Morgan fingerprint density at radius 1 is 0.609 bits per heavy atom. The minimum Gasteiger partial charge on any atom is -0.288 e. The fourth-order valence-electron chi connectivity index (χ4n) is 2.85. The van der Waals surface area contributed by atoms with Gasteiger partial charge in [0.15, 0.2) is 0 Å². The first-order chi connectivity index (χ1) is 11.3. The van der Waals surface area contributed by atoms with Gasteiger partial charge in [0.25, 0.3) is 11.8 Å². The Morgan fingerprint density at radius 3 is 1.83 bits per heavy atom. The molecule has 23 heavy (non-hydrogen) atoms. The summed E-state index contributed by atoms with van der Waals surface area (Å²) < 4.78 is 0. The zero-order valence-corrected chi connectivity index (χ0v) is 12.0.